The minimum absolute atomic E-state index is 0.0914. The van der Waals surface area contributed by atoms with Crippen LogP contribution in [0.5, 0.6) is 0 Å². The molecule has 0 saturated carbocycles. The van der Waals surface area contributed by atoms with Gasteiger partial charge in [0.25, 0.3) is 0 Å². The van der Waals surface area contributed by atoms with Crippen LogP contribution in [0.4, 0.5) is 4.79 Å². The van der Waals surface area contributed by atoms with Gasteiger partial charge in [-0.2, -0.15) is 0 Å². The molecule has 66 valence electrons. The number of nitrogens with one attached hydrogen (secondary N) is 2. The van der Waals surface area contributed by atoms with Crippen molar-refractivity contribution in [3.8, 4) is 0 Å². The summed E-state index contributed by atoms with van der Waals surface area (Å²) in [6.45, 7) is 1.51. The van der Waals surface area contributed by atoms with Crippen LogP contribution in [-0.4, -0.2) is 41.4 Å². The number of nitrogens with zero attached hydrogens (tertiary/aromatic N) is 2. The summed E-state index contributed by atoms with van der Waals surface area (Å²) in [7, 11) is 1.62. The number of urea groups is 1. The van der Waals surface area contributed by atoms with Crippen LogP contribution in [0.15, 0.2) is 0 Å². The molecule has 0 spiro atoms. The topological polar surface area (TPSA) is 76.5 Å². The highest BCUT2D eigenvalue weighted by molar-refractivity contribution is 6.10. The predicted octanol–water partition coefficient (Wildman–Crippen LogP) is -0.618. The molecule has 1 fully saturated rings. The fourth-order valence-corrected chi connectivity index (χ4v) is 0.899. The maximum absolute atomic E-state index is 11.0. The Morgan fingerprint density at radius 3 is 2.67 bits per heavy atom. The molecule has 0 unspecified atom stereocenters. The monoisotopic (exact) mass is 170 g/mol. The van der Waals surface area contributed by atoms with Gasteiger partial charge in [0, 0.05) is 14.0 Å². The first kappa shape index (κ1) is 8.51. The van der Waals surface area contributed by atoms with Crippen molar-refractivity contribution < 1.29 is 9.59 Å². The molecule has 2 N–H and O–H groups in total. The summed E-state index contributed by atoms with van der Waals surface area (Å²) in [6.07, 6.45) is 0. The number of hydrogen-bond acceptors (Lipinski definition) is 3. The van der Waals surface area contributed by atoms with Gasteiger partial charge in [-0.1, -0.05) is 0 Å². The molecule has 1 heterocycles. The second-order valence-corrected chi connectivity index (χ2v) is 2.52. The zero-order valence-corrected chi connectivity index (χ0v) is 6.92. The van der Waals surface area contributed by atoms with Crippen LogP contribution in [0.25, 0.3) is 0 Å². The van der Waals surface area contributed by atoms with E-state index in [1.165, 1.54) is 11.8 Å². The molecular weight excluding hydrogens is 160 g/mol. The summed E-state index contributed by atoms with van der Waals surface area (Å²) in [4.78, 5) is 24.1. The van der Waals surface area contributed by atoms with Gasteiger partial charge in [0.15, 0.2) is 0 Å². The minimum atomic E-state index is -0.536. The predicted molar refractivity (Wildman–Crippen MR) is 41.4 cm³/mol. The van der Waals surface area contributed by atoms with Gasteiger partial charge < -0.3 is 10.2 Å². The molecule has 1 aliphatic heterocycles. The zero-order valence-electron chi connectivity index (χ0n) is 6.92. The Morgan fingerprint density at radius 1 is 1.67 bits per heavy atom. The lowest BCUT2D eigenvalue weighted by Gasteiger charge is -2.32. The highest BCUT2D eigenvalue weighted by Crippen LogP contribution is 2.01. The van der Waals surface area contributed by atoms with E-state index >= 15 is 0 Å². The maximum Gasteiger partial charge on any atom is 0.332 e. The molecular formula is C6H10N4O2. The van der Waals surface area contributed by atoms with Crippen molar-refractivity contribution in [2.24, 2.45) is 0 Å². The van der Waals surface area contributed by atoms with Gasteiger partial charge >= 0.3 is 6.03 Å². The van der Waals surface area contributed by atoms with Crippen molar-refractivity contribution in [2.45, 2.75) is 6.92 Å². The zero-order chi connectivity index (χ0) is 9.30. The summed E-state index contributed by atoms with van der Waals surface area (Å²) in [5.74, 6) is -0.546. The lowest BCUT2D eigenvalue weighted by molar-refractivity contribution is -0.123. The smallest absolute Gasteiger partial charge is 0.328 e. The third-order valence-electron chi connectivity index (χ3n) is 1.56. The standard InChI is InChI=1S/C6H10N4O2/c1-4(11)10-5(7)9(2)3-8-6(10)12/h7H,3H2,1-2H3,(H,8,12). The Bertz CT molecular complexity index is 250. The third-order valence-corrected chi connectivity index (χ3v) is 1.56. The average molecular weight is 170 g/mol. The van der Waals surface area contributed by atoms with E-state index in [1.54, 1.807) is 7.05 Å². The van der Waals surface area contributed by atoms with Gasteiger partial charge in [-0.05, 0) is 0 Å². The van der Waals surface area contributed by atoms with Crippen molar-refractivity contribution in [3.63, 3.8) is 0 Å². The normalized spacial score (nSPS) is 17.8. The maximum atomic E-state index is 11.0. The van der Waals surface area contributed by atoms with E-state index in [0.717, 1.165) is 4.90 Å². The van der Waals surface area contributed by atoms with Gasteiger partial charge in [-0.15, -0.1) is 0 Å². The molecule has 0 aliphatic carbocycles. The Kier molecular flexibility index (Phi) is 1.99. The minimum Gasteiger partial charge on any atom is -0.328 e. The molecule has 1 saturated heterocycles. The first-order valence-corrected chi connectivity index (χ1v) is 3.42. The Morgan fingerprint density at radius 2 is 2.25 bits per heavy atom. The SMILES string of the molecule is CC(=O)N1C(=N)N(C)CNC1=O. The fraction of sp³-hybridized carbons (Fsp3) is 0.500. The first-order chi connectivity index (χ1) is 5.54. The van der Waals surface area contributed by atoms with Gasteiger partial charge in [-0.3, -0.25) is 10.2 Å². The van der Waals surface area contributed by atoms with E-state index in [-0.39, 0.29) is 12.6 Å². The number of carbonyl (C=O) groups is 2. The summed E-state index contributed by atoms with van der Waals surface area (Å²) in [5, 5.41) is 9.83. The molecule has 0 atom stereocenters. The van der Waals surface area contributed by atoms with E-state index in [4.69, 9.17) is 5.41 Å². The van der Waals surface area contributed by atoms with E-state index in [2.05, 4.69) is 5.32 Å². The second kappa shape index (κ2) is 2.80. The molecule has 0 bridgehead atoms. The Balaban J connectivity index is 2.86. The average Bonchev–Trinajstić information content (AvgIpc) is 1.97. The van der Waals surface area contributed by atoms with Crippen LogP contribution in [0.2, 0.25) is 0 Å². The third kappa shape index (κ3) is 1.23. The van der Waals surface area contributed by atoms with Crippen LogP contribution in [0.1, 0.15) is 6.92 Å². The van der Waals surface area contributed by atoms with Crippen LogP contribution in [0, 0.1) is 5.41 Å². The Hall–Kier alpha value is -1.59. The van der Waals surface area contributed by atoms with Crippen molar-refractivity contribution in [1.29, 1.82) is 5.41 Å². The number of hydrogen-bond donors (Lipinski definition) is 2. The number of imide groups is 1. The van der Waals surface area contributed by atoms with E-state index < -0.39 is 11.9 Å². The van der Waals surface area contributed by atoms with Gasteiger partial charge in [0.2, 0.25) is 11.9 Å². The molecule has 0 radical (unpaired) electrons. The van der Waals surface area contributed by atoms with Crippen molar-refractivity contribution >= 4 is 17.9 Å². The highest BCUT2D eigenvalue weighted by atomic mass is 16.2. The van der Waals surface area contributed by atoms with Crippen LogP contribution in [0.3, 0.4) is 0 Å². The van der Waals surface area contributed by atoms with E-state index in [0.29, 0.717) is 0 Å². The molecule has 3 amide bonds. The van der Waals surface area contributed by atoms with Crippen molar-refractivity contribution in [3.05, 3.63) is 0 Å². The van der Waals surface area contributed by atoms with Crippen LogP contribution >= 0.6 is 0 Å². The van der Waals surface area contributed by atoms with Crippen LogP contribution < -0.4 is 5.32 Å². The summed E-state index contributed by atoms with van der Waals surface area (Å²) in [6, 6.07) is -0.536. The molecule has 6 nitrogen and oxygen atoms in total. The van der Waals surface area contributed by atoms with Gasteiger partial charge in [0.1, 0.15) is 0 Å². The van der Waals surface area contributed by atoms with E-state index in [9.17, 15) is 9.59 Å². The number of guanidine groups is 1. The molecule has 6 heteroatoms. The largest absolute Gasteiger partial charge is 0.332 e. The number of amides is 3. The summed E-state index contributed by atoms with van der Waals surface area (Å²) < 4.78 is 0. The second-order valence-electron chi connectivity index (χ2n) is 2.52. The summed E-state index contributed by atoms with van der Waals surface area (Å²) >= 11 is 0. The lowest BCUT2D eigenvalue weighted by atomic mass is 10.5. The molecule has 0 aromatic rings. The fourth-order valence-electron chi connectivity index (χ4n) is 0.899. The number of carbonyl (C=O) groups excluding carboxylic acids is 2. The summed E-state index contributed by atoms with van der Waals surface area (Å²) in [5.41, 5.74) is 0. The molecule has 12 heavy (non-hydrogen) atoms. The Labute approximate surface area is 69.6 Å². The quantitative estimate of drug-likeness (QED) is 0.508. The molecule has 0 aromatic heterocycles. The molecule has 0 aromatic carbocycles. The first-order valence-electron chi connectivity index (χ1n) is 3.42. The van der Waals surface area contributed by atoms with Crippen LogP contribution in [-0.2, 0) is 4.79 Å². The van der Waals surface area contributed by atoms with Crippen molar-refractivity contribution in [1.82, 2.24) is 15.1 Å². The number of rotatable bonds is 0. The van der Waals surface area contributed by atoms with Crippen molar-refractivity contribution in [2.75, 3.05) is 13.7 Å². The van der Waals surface area contributed by atoms with Gasteiger partial charge in [-0.25, -0.2) is 9.69 Å². The van der Waals surface area contributed by atoms with Gasteiger partial charge in [0.05, 0.1) is 6.67 Å². The molecule has 1 aliphatic rings. The highest BCUT2D eigenvalue weighted by Gasteiger charge is 2.29. The molecule has 1 rings (SSSR count). The van der Waals surface area contributed by atoms with E-state index in [1.807, 2.05) is 0 Å². The lowest BCUT2D eigenvalue weighted by Crippen LogP contribution is -2.59.